The minimum Gasteiger partial charge on any atom is -0.478 e. The van der Waals surface area contributed by atoms with E-state index in [-0.39, 0.29) is 32.1 Å². The Morgan fingerprint density at radius 1 is 1.15 bits per heavy atom. The number of carboxylic acids is 1. The molecule has 0 fully saturated rings. The zero-order valence-electron chi connectivity index (χ0n) is 9.62. The minimum absolute atomic E-state index is 0.000602. The largest absolute Gasteiger partial charge is 0.478 e. The highest BCUT2D eigenvalue weighted by Crippen LogP contribution is 2.33. The van der Waals surface area contributed by atoms with Crippen molar-refractivity contribution >= 4 is 52.3 Å². The number of anilines is 2. The van der Waals surface area contributed by atoms with E-state index in [2.05, 4.69) is 10.3 Å². The maximum Gasteiger partial charge on any atom is 0.337 e. The number of nitrogens with zero attached hydrogens (tertiary/aromatic N) is 1. The summed E-state index contributed by atoms with van der Waals surface area (Å²) in [6.07, 6.45) is 1.18. The van der Waals surface area contributed by atoms with Crippen LogP contribution in [0.4, 0.5) is 15.9 Å². The van der Waals surface area contributed by atoms with E-state index in [4.69, 9.17) is 39.9 Å². The van der Waals surface area contributed by atoms with Crippen LogP contribution in [0.25, 0.3) is 0 Å². The molecule has 0 aliphatic rings. The second-order valence-electron chi connectivity index (χ2n) is 3.72. The third-order valence-electron chi connectivity index (χ3n) is 2.35. The summed E-state index contributed by atoms with van der Waals surface area (Å²) in [7, 11) is 0. The summed E-state index contributed by atoms with van der Waals surface area (Å²) in [5.74, 6) is -1.61. The van der Waals surface area contributed by atoms with Gasteiger partial charge in [-0.25, -0.2) is 14.2 Å². The van der Waals surface area contributed by atoms with Crippen molar-refractivity contribution in [2.24, 2.45) is 0 Å². The van der Waals surface area contributed by atoms with Crippen LogP contribution < -0.4 is 5.32 Å². The van der Waals surface area contributed by atoms with Crippen molar-refractivity contribution in [3.63, 3.8) is 0 Å². The average molecular weight is 336 g/mol. The van der Waals surface area contributed by atoms with Gasteiger partial charge in [0.25, 0.3) is 0 Å². The van der Waals surface area contributed by atoms with Gasteiger partial charge in [0, 0.05) is 6.20 Å². The van der Waals surface area contributed by atoms with Gasteiger partial charge in [-0.15, -0.1) is 0 Å². The Morgan fingerprint density at radius 2 is 1.75 bits per heavy atom. The Labute approximate surface area is 128 Å². The molecular weight excluding hydrogens is 330 g/mol. The number of aromatic carboxylic acids is 1. The van der Waals surface area contributed by atoms with Crippen LogP contribution in [0.15, 0.2) is 24.4 Å². The predicted molar refractivity (Wildman–Crippen MR) is 75.9 cm³/mol. The van der Waals surface area contributed by atoms with Crippen molar-refractivity contribution in [1.29, 1.82) is 0 Å². The molecular formula is C12H6Cl3FN2O2. The van der Waals surface area contributed by atoms with E-state index in [1.54, 1.807) is 0 Å². The van der Waals surface area contributed by atoms with Gasteiger partial charge in [0.15, 0.2) is 0 Å². The minimum atomic E-state index is -1.20. The number of carbonyl (C=O) groups is 1. The molecule has 4 nitrogen and oxygen atoms in total. The van der Waals surface area contributed by atoms with Gasteiger partial charge in [-0.05, 0) is 18.2 Å². The van der Waals surface area contributed by atoms with Crippen LogP contribution >= 0.6 is 34.8 Å². The Kier molecular flexibility index (Phi) is 4.32. The van der Waals surface area contributed by atoms with Crippen LogP contribution in [0.1, 0.15) is 10.4 Å². The fourth-order valence-electron chi connectivity index (χ4n) is 1.46. The highest BCUT2D eigenvalue weighted by molar-refractivity contribution is 6.39. The van der Waals surface area contributed by atoms with Gasteiger partial charge in [-0.2, -0.15) is 0 Å². The van der Waals surface area contributed by atoms with E-state index in [1.165, 1.54) is 12.3 Å². The lowest BCUT2D eigenvalue weighted by Gasteiger charge is -2.10. The monoisotopic (exact) mass is 334 g/mol. The first kappa shape index (κ1) is 14.8. The molecule has 0 aliphatic heterocycles. The van der Waals surface area contributed by atoms with Crippen LogP contribution in [0.2, 0.25) is 15.1 Å². The summed E-state index contributed by atoms with van der Waals surface area (Å²) in [5.41, 5.74) is 0.0967. The maximum absolute atomic E-state index is 13.1. The van der Waals surface area contributed by atoms with Gasteiger partial charge in [0.2, 0.25) is 0 Å². The predicted octanol–water partition coefficient (Wildman–Crippen LogP) is 4.62. The van der Waals surface area contributed by atoms with E-state index in [1.807, 2.05) is 0 Å². The summed E-state index contributed by atoms with van der Waals surface area (Å²) in [6.45, 7) is 0. The zero-order valence-corrected chi connectivity index (χ0v) is 11.9. The smallest absolute Gasteiger partial charge is 0.337 e. The highest BCUT2D eigenvalue weighted by Gasteiger charge is 2.13. The van der Waals surface area contributed by atoms with Crippen molar-refractivity contribution in [2.45, 2.75) is 0 Å². The number of rotatable bonds is 3. The van der Waals surface area contributed by atoms with Crippen LogP contribution in [-0.4, -0.2) is 16.1 Å². The van der Waals surface area contributed by atoms with Crippen molar-refractivity contribution in [2.75, 3.05) is 5.32 Å². The van der Waals surface area contributed by atoms with E-state index in [0.29, 0.717) is 0 Å². The Balaban J connectivity index is 2.41. The second-order valence-corrected chi connectivity index (χ2v) is 4.95. The van der Waals surface area contributed by atoms with Gasteiger partial charge in [-0.1, -0.05) is 34.8 Å². The summed E-state index contributed by atoms with van der Waals surface area (Å²) >= 11 is 17.4. The summed E-state index contributed by atoms with van der Waals surface area (Å²) in [5, 5.41) is 11.8. The molecule has 1 aromatic carbocycles. The molecule has 0 atom stereocenters. The van der Waals surface area contributed by atoms with Crippen LogP contribution in [0, 0.1) is 5.82 Å². The second kappa shape index (κ2) is 5.83. The quantitative estimate of drug-likeness (QED) is 0.859. The molecule has 20 heavy (non-hydrogen) atoms. The van der Waals surface area contributed by atoms with Gasteiger partial charge in [-0.3, -0.25) is 0 Å². The van der Waals surface area contributed by atoms with Crippen LogP contribution in [0.3, 0.4) is 0 Å². The molecule has 2 rings (SSSR count). The number of benzene rings is 1. The molecule has 1 heterocycles. The molecule has 0 unspecified atom stereocenters. The number of hydrogen-bond donors (Lipinski definition) is 2. The van der Waals surface area contributed by atoms with Gasteiger partial charge < -0.3 is 10.4 Å². The number of hydrogen-bond acceptors (Lipinski definition) is 3. The molecule has 0 spiro atoms. The highest BCUT2D eigenvalue weighted by atomic mass is 35.5. The fourth-order valence-corrected chi connectivity index (χ4v) is 2.20. The molecule has 0 aliphatic carbocycles. The Hall–Kier alpha value is -1.56. The molecule has 0 saturated carbocycles. The topological polar surface area (TPSA) is 62.2 Å². The molecule has 8 heteroatoms. The average Bonchev–Trinajstić information content (AvgIpc) is 2.35. The fraction of sp³-hybridized carbons (Fsp3) is 0. The van der Waals surface area contributed by atoms with E-state index in [0.717, 1.165) is 12.1 Å². The number of nitrogens with one attached hydrogen (secondary N) is 1. The Bertz CT molecular complexity index is 671. The summed E-state index contributed by atoms with van der Waals surface area (Å²) in [6, 6.07) is 3.37. The van der Waals surface area contributed by atoms with E-state index < -0.39 is 11.8 Å². The molecule has 0 radical (unpaired) electrons. The first-order valence-corrected chi connectivity index (χ1v) is 6.32. The lowest BCUT2D eigenvalue weighted by Crippen LogP contribution is -2.02. The zero-order chi connectivity index (χ0) is 14.9. The van der Waals surface area contributed by atoms with Gasteiger partial charge >= 0.3 is 5.97 Å². The normalized spacial score (nSPS) is 10.4. The molecule has 0 amide bonds. The number of carboxylic acid groups (broad SMARTS) is 1. The first-order chi connectivity index (χ1) is 9.38. The Morgan fingerprint density at radius 3 is 2.30 bits per heavy atom. The third-order valence-corrected chi connectivity index (χ3v) is 3.24. The molecule has 2 aromatic rings. The van der Waals surface area contributed by atoms with E-state index in [9.17, 15) is 9.18 Å². The third kappa shape index (κ3) is 3.12. The summed E-state index contributed by atoms with van der Waals surface area (Å²) < 4.78 is 13.1. The van der Waals surface area contributed by atoms with Gasteiger partial charge in [0.1, 0.15) is 11.6 Å². The van der Waals surface area contributed by atoms with Crippen LogP contribution in [0.5, 0.6) is 0 Å². The van der Waals surface area contributed by atoms with Crippen molar-refractivity contribution in [1.82, 2.24) is 4.98 Å². The van der Waals surface area contributed by atoms with E-state index >= 15 is 0 Å². The molecule has 0 bridgehead atoms. The molecule has 0 saturated heterocycles. The van der Waals surface area contributed by atoms with Crippen LogP contribution in [-0.2, 0) is 0 Å². The molecule has 104 valence electrons. The van der Waals surface area contributed by atoms with Gasteiger partial charge in [0.05, 0.1) is 26.3 Å². The van der Waals surface area contributed by atoms with Crippen molar-refractivity contribution < 1.29 is 14.3 Å². The van der Waals surface area contributed by atoms with Crippen molar-refractivity contribution in [3.05, 3.63) is 50.8 Å². The molecule has 2 N–H and O–H groups in total. The summed E-state index contributed by atoms with van der Waals surface area (Å²) in [4.78, 5) is 14.9. The number of pyridine rings is 1. The lowest BCUT2D eigenvalue weighted by atomic mass is 10.2. The number of aromatic nitrogens is 1. The first-order valence-electron chi connectivity index (χ1n) is 5.19. The standard InChI is InChI=1S/C12H6Cl3FN2O2/c13-7-1-5(16)2-8(14)11(7)18-10-3-6(12(19)20)9(15)4-17-10/h1-4H,(H,17,18)(H,19,20). The lowest BCUT2D eigenvalue weighted by molar-refractivity contribution is 0.0697. The SMILES string of the molecule is O=C(O)c1cc(Nc2c(Cl)cc(F)cc2Cl)ncc1Cl. The van der Waals surface area contributed by atoms with Crippen molar-refractivity contribution in [3.8, 4) is 0 Å². The molecule has 1 aromatic heterocycles. The maximum atomic E-state index is 13.1. The number of halogens is 4.